The minimum Gasteiger partial charge on any atom is -0.453 e. The van der Waals surface area contributed by atoms with Gasteiger partial charge in [-0.15, -0.1) is 0 Å². The van der Waals surface area contributed by atoms with Crippen molar-refractivity contribution in [3.8, 4) is 33.6 Å². The number of H-pyrrole nitrogens is 2. The Morgan fingerprint density at radius 1 is 0.652 bits per heavy atom. The zero-order valence-corrected chi connectivity index (χ0v) is 39.4. The molecule has 1 spiro atoms. The normalized spacial score (nSPS) is 23.5. The maximum Gasteiger partial charge on any atom is 0.407 e. The van der Waals surface area contributed by atoms with Crippen LogP contribution in [0.5, 0.6) is 0 Å². The number of benzene rings is 2. The molecule has 4 heterocycles. The number of hydrogen-bond donors (Lipinski definition) is 4. The SMILES string of the molecule is COC(=O)N[C@H](C(=O)N1CCC[C@@H]1c1ncc(-c2ccc(-c3ccc(-c4cnc([C@@H]5CCCN5C(=O)[C@H](NC(=O)OC)C(C)C)[nH]4)c4c3CC3(CCCC3)C4)c3c2CC2CCC32)[nH]1)C(C)C. The second-order valence-corrected chi connectivity index (χ2v) is 20.8. The number of aromatic nitrogens is 4. The fourth-order valence-electron chi connectivity index (χ4n) is 12.8. The summed E-state index contributed by atoms with van der Waals surface area (Å²) in [6.45, 7) is 8.97. The summed E-state index contributed by atoms with van der Waals surface area (Å²) in [5, 5.41) is 5.53. The van der Waals surface area contributed by atoms with E-state index in [1.54, 1.807) is 0 Å². The van der Waals surface area contributed by atoms with Crippen LogP contribution >= 0.6 is 0 Å². The first-order chi connectivity index (χ1) is 31.9. The van der Waals surface area contributed by atoms with E-state index in [1.165, 1.54) is 97.3 Å². The fourth-order valence-corrected chi connectivity index (χ4v) is 12.8. The van der Waals surface area contributed by atoms with E-state index in [9.17, 15) is 19.2 Å². The van der Waals surface area contributed by atoms with Crippen LogP contribution in [-0.4, -0.2) is 93.1 Å². The van der Waals surface area contributed by atoms with Crippen LogP contribution in [0.2, 0.25) is 0 Å². The van der Waals surface area contributed by atoms with Gasteiger partial charge in [-0.1, -0.05) is 64.8 Å². The minimum absolute atomic E-state index is 0.101. The number of nitrogens with one attached hydrogen (secondary N) is 4. The van der Waals surface area contributed by atoms with Crippen molar-refractivity contribution in [2.24, 2.45) is 23.2 Å². The van der Waals surface area contributed by atoms with Gasteiger partial charge in [-0.2, -0.15) is 0 Å². The lowest BCUT2D eigenvalue weighted by Gasteiger charge is -2.32. The van der Waals surface area contributed by atoms with E-state index in [0.717, 1.165) is 68.0 Å². The molecule has 350 valence electrons. The number of aromatic amines is 2. The molecule has 0 bridgehead atoms. The molecule has 4 aromatic rings. The Morgan fingerprint density at radius 2 is 1.14 bits per heavy atom. The second kappa shape index (κ2) is 17.5. The molecule has 66 heavy (non-hydrogen) atoms. The molecule has 2 aromatic carbocycles. The third kappa shape index (κ3) is 7.65. The molecule has 6 atom stereocenters. The first-order valence-corrected chi connectivity index (χ1v) is 24.6. The summed E-state index contributed by atoms with van der Waals surface area (Å²) in [5.41, 5.74) is 13.2. The van der Waals surface area contributed by atoms with Gasteiger partial charge in [0.05, 0.1) is 50.1 Å². The van der Waals surface area contributed by atoms with E-state index in [4.69, 9.17) is 19.4 Å². The van der Waals surface area contributed by atoms with Crippen molar-refractivity contribution in [1.29, 1.82) is 0 Å². The highest BCUT2D eigenvalue weighted by atomic mass is 16.5. The number of hydrogen-bond acceptors (Lipinski definition) is 8. The molecule has 6 aliphatic rings. The van der Waals surface area contributed by atoms with Crippen LogP contribution in [0.25, 0.3) is 33.6 Å². The number of rotatable bonds is 11. The van der Waals surface area contributed by atoms with E-state index >= 15 is 0 Å². The lowest BCUT2D eigenvalue weighted by Crippen LogP contribution is -2.51. The molecule has 14 nitrogen and oxygen atoms in total. The van der Waals surface area contributed by atoms with Crippen molar-refractivity contribution in [3.05, 3.63) is 70.6 Å². The molecular formula is C52H66N8O6. The van der Waals surface area contributed by atoms with E-state index in [2.05, 4.69) is 44.9 Å². The molecule has 4 amide bonds. The van der Waals surface area contributed by atoms with Crippen LogP contribution in [0.4, 0.5) is 9.59 Å². The van der Waals surface area contributed by atoms with Crippen molar-refractivity contribution in [2.45, 2.75) is 141 Å². The average molecular weight is 899 g/mol. The maximum atomic E-state index is 13.9. The molecular weight excluding hydrogens is 833 g/mol. The van der Waals surface area contributed by atoms with Gasteiger partial charge in [0.2, 0.25) is 11.8 Å². The lowest BCUT2D eigenvalue weighted by atomic mass is 9.72. The smallest absolute Gasteiger partial charge is 0.407 e. The molecule has 2 aromatic heterocycles. The molecule has 2 unspecified atom stereocenters. The van der Waals surface area contributed by atoms with E-state index in [0.29, 0.717) is 24.9 Å². The number of methoxy groups -OCH3 is 2. The average Bonchev–Trinajstić information content (AvgIpc) is 4.16. The quantitative estimate of drug-likeness (QED) is 0.115. The van der Waals surface area contributed by atoms with Gasteiger partial charge in [-0.25, -0.2) is 19.6 Å². The highest BCUT2D eigenvalue weighted by Gasteiger charge is 2.46. The highest BCUT2D eigenvalue weighted by molar-refractivity contribution is 5.88. The van der Waals surface area contributed by atoms with E-state index < -0.39 is 24.3 Å². The topological polar surface area (TPSA) is 175 Å². The molecule has 2 saturated heterocycles. The zero-order chi connectivity index (χ0) is 46.0. The largest absolute Gasteiger partial charge is 0.453 e. The summed E-state index contributed by atoms with van der Waals surface area (Å²) in [4.78, 5) is 73.3. The Morgan fingerprint density at radius 3 is 1.62 bits per heavy atom. The number of likely N-dealkylation sites (tertiary alicyclic amines) is 2. The number of amides is 4. The number of imidazole rings is 2. The Hall–Kier alpha value is -5.66. The molecule has 10 rings (SSSR count). The van der Waals surface area contributed by atoms with Gasteiger partial charge in [-0.05, 0) is 133 Å². The monoisotopic (exact) mass is 899 g/mol. The van der Waals surface area contributed by atoms with Crippen LogP contribution < -0.4 is 10.6 Å². The Labute approximate surface area is 387 Å². The minimum atomic E-state index is -0.685. The molecule has 2 aliphatic heterocycles. The summed E-state index contributed by atoms with van der Waals surface area (Å²) >= 11 is 0. The van der Waals surface area contributed by atoms with Gasteiger partial charge in [0, 0.05) is 24.2 Å². The van der Waals surface area contributed by atoms with Crippen molar-refractivity contribution in [2.75, 3.05) is 27.3 Å². The van der Waals surface area contributed by atoms with Gasteiger partial charge >= 0.3 is 12.2 Å². The first-order valence-electron chi connectivity index (χ1n) is 24.6. The first kappa shape index (κ1) is 44.2. The van der Waals surface area contributed by atoms with Gasteiger partial charge < -0.3 is 39.9 Å². The van der Waals surface area contributed by atoms with Crippen molar-refractivity contribution >= 4 is 24.0 Å². The lowest BCUT2D eigenvalue weighted by molar-refractivity contribution is -0.136. The zero-order valence-electron chi connectivity index (χ0n) is 39.4. The van der Waals surface area contributed by atoms with Gasteiger partial charge in [0.25, 0.3) is 0 Å². The van der Waals surface area contributed by atoms with Crippen molar-refractivity contribution in [1.82, 2.24) is 40.4 Å². The molecule has 4 N–H and O–H groups in total. The van der Waals surface area contributed by atoms with Crippen LogP contribution in [0, 0.1) is 23.2 Å². The number of carbonyl (C=O) groups is 4. The highest BCUT2D eigenvalue weighted by Crippen LogP contribution is 2.58. The Kier molecular flexibility index (Phi) is 11.7. The second-order valence-electron chi connectivity index (χ2n) is 20.8. The van der Waals surface area contributed by atoms with E-state index in [1.807, 2.05) is 49.9 Å². The number of nitrogens with zero attached hydrogens (tertiary/aromatic N) is 4. The number of carbonyl (C=O) groups excluding carboxylic acids is 4. The standard InChI is InChI=1S/C52H66N8O6/c1-28(2)44(57-50(63)65-5)48(61)59-21-9-11-41(59)46-53-26-39(55-46)33-17-18-35(43-31-14-13-30(31)23-36(33)43)32-15-16-34(38-25-52(24-37(32)38)19-7-8-20-52)40-27-54-47(56-40)42-12-10-22-60(42)49(62)45(29(3)4)58-51(64)66-6/h15-18,26-31,41-42,44-45H,7-14,19-25H2,1-6H3,(H,53,55)(H,54,56)(H,57,63)(H,58,64)/t30?,31?,41-,42+,44+,45-/m1/s1. The van der Waals surface area contributed by atoms with Crippen LogP contribution in [-0.2, 0) is 38.3 Å². The summed E-state index contributed by atoms with van der Waals surface area (Å²) < 4.78 is 9.71. The number of fused-ring (bicyclic) bond motifs is 4. The third-order valence-corrected chi connectivity index (χ3v) is 16.4. The van der Waals surface area contributed by atoms with Crippen LogP contribution in [0.15, 0.2) is 36.7 Å². The number of ether oxygens (including phenoxy) is 2. The summed E-state index contributed by atoms with van der Waals surface area (Å²) in [6, 6.07) is 7.62. The molecule has 4 aliphatic carbocycles. The fraction of sp³-hybridized carbons (Fsp3) is 0.577. The predicted octanol–water partition coefficient (Wildman–Crippen LogP) is 8.93. The molecule has 14 heteroatoms. The Balaban J connectivity index is 0.967. The van der Waals surface area contributed by atoms with Crippen molar-refractivity contribution in [3.63, 3.8) is 0 Å². The summed E-state index contributed by atoms with van der Waals surface area (Å²) in [5.74, 6) is 2.34. The molecule has 2 saturated carbocycles. The van der Waals surface area contributed by atoms with Crippen LogP contribution in [0.3, 0.4) is 0 Å². The number of alkyl carbamates (subject to hydrolysis) is 2. The summed E-state index contributed by atoms with van der Waals surface area (Å²) in [6.07, 6.45) is 16.7. The van der Waals surface area contributed by atoms with Crippen LogP contribution in [0.1, 0.15) is 144 Å². The van der Waals surface area contributed by atoms with Gasteiger partial charge in [-0.3, -0.25) is 9.59 Å². The Bertz CT molecular complexity index is 2540. The van der Waals surface area contributed by atoms with Gasteiger partial charge in [0.15, 0.2) is 0 Å². The van der Waals surface area contributed by atoms with Gasteiger partial charge in [0.1, 0.15) is 23.7 Å². The predicted molar refractivity (Wildman–Crippen MR) is 250 cm³/mol. The maximum absolute atomic E-state index is 13.9. The molecule has 0 radical (unpaired) electrons. The molecule has 4 fully saturated rings. The van der Waals surface area contributed by atoms with Crippen molar-refractivity contribution < 1.29 is 28.7 Å². The summed E-state index contributed by atoms with van der Waals surface area (Å²) in [7, 11) is 2.63. The third-order valence-electron chi connectivity index (χ3n) is 16.4. The van der Waals surface area contributed by atoms with E-state index in [-0.39, 0.29) is 41.1 Å².